The zero-order valence-electron chi connectivity index (χ0n) is 11.4. The molecule has 0 aromatic rings. The highest BCUT2D eigenvalue weighted by atomic mass is 15.1. The number of hydrogen-bond acceptors (Lipinski definition) is 3. The van der Waals surface area contributed by atoms with E-state index in [4.69, 9.17) is 0 Å². The molecule has 0 amide bonds. The van der Waals surface area contributed by atoms with Crippen molar-refractivity contribution in [1.29, 1.82) is 0 Å². The lowest BCUT2D eigenvalue weighted by Gasteiger charge is -2.07. The van der Waals surface area contributed by atoms with Gasteiger partial charge in [0.05, 0.1) is 18.1 Å². The van der Waals surface area contributed by atoms with Gasteiger partial charge in [-0.05, 0) is 34.9 Å². The van der Waals surface area contributed by atoms with Crippen LogP contribution < -0.4 is 5.32 Å². The Labute approximate surface area is 104 Å². The van der Waals surface area contributed by atoms with Gasteiger partial charge in [-0.3, -0.25) is 4.99 Å². The van der Waals surface area contributed by atoms with E-state index in [1.54, 1.807) is 6.21 Å². The number of likely N-dealkylation sites (N-methyl/N-ethyl adjacent to an activating group) is 1. The topological polar surface area (TPSA) is 52.4 Å². The molecular formula is C12H23N5. The third-order valence-electron chi connectivity index (χ3n) is 1.86. The lowest BCUT2D eigenvalue weighted by molar-refractivity contribution is 0.420. The minimum Gasteiger partial charge on any atom is -0.349 e. The van der Waals surface area contributed by atoms with Gasteiger partial charge < -0.3 is 10.2 Å². The van der Waals surface area contributed by atoms with E-state index in [9.17, 15) is 0 Å². The van der Waals surface area contributed by atoms with Gasteiger partial charge in [-0.15, -0.1) is 0 Å². The zero-order chi connectivity index (χ0) is 13.1. The van der Waals surface area contributed by atoms with Crippen LogP contribution in [0.2, 0.25) is 0 Å². The van der Waals surface area contributed by atoms with Crippen molar-refractivity contribution in [1.82, 2.24) is 10.2 Å². The summed E-state index contributed by atoms with van der Waals surface area (Å²) < 4.78 is 0. The fourth-order valence-electron chi connectivity index (χ4n) is 0.901. The average molecular weight is 237 g/mol. The molecule has 0 fully saturated rings. The van der Waals surface area contributed by atoms with Gasteiger partial charge in [-0.25, -0.2) is 9.98 Å². The molecule has 5 heteroatoms. The molecule has 0 aliphatic heterocycles. The number of aliphatic imine (C=N–C) groups is 3. The van der Waals surface area contributed by atoms with Crippen LogP contribution in [0.25, 0.3) is 0 Å². The average Bonchev–Trinajstić information content (AvgIpc) is 2.26. The minimum atomic E-state index is 0.794. The summed E-state index contributed by atoms with van der Waals surface area (Å²) >= 11 is 0. The van der Waals surface area contributed by atoms with E-state index in [0.29, 0.717) is 0 Å². The first-order valence-electron chi connectivity index (χ1n) is 5.65. The van der Waals surface area contributed by atoms with Crippen LogP contribution in [0.4, 0.5) is 0 Å². The summed E-state index contributed by atoms with van der Waals surface area (Å²) in [5, 5.41) is 3.09. The molecule has 0 aliphatic carbocycles. The smallest absolute Gasteiger partial charge is 0.115 e. The first kappa shape index (κ1) is 15.5. The molecule has 0 aromatic heterocycles. The molecule has 0 aromatic carbocycles. The third-order valence-corrected chi connectivity index (χ3v) is 1.86. The lowest BCUT2D eigenvalue weighted by atomic mass is 10.5. The Hall–Kier alpha value is -1.49. The highest BCUT2D eigenvalue weighted by Crippen LogP contribution is 1.90. The maximum absolute atomic E-state index is 4.37. The van der Waals surface area contributed by atoms with Crippen molar-refractivity contribution in [2.75, 3.05) is 27.2 Å². The van der Waals surface area contributed by atoms with Crippen molar-refractivity contribution < 1.29 is 0 Å². The van der Waals surface area contributed by atoms with Crippen LogP contribution in [-0.2, 0) is 0 Å². The summed E-state index contributed by atoms with van der Waals surface area (Å²) in [6.45, 7) is 7.44. The molecule has 0 aliphatic rings. The summed E-state index contributed by atoms with van der Waals surface area (Å²) in [5.41, 5.74) is 0.859. The van der Waals surface area contributed by atoms with Gasteiger partial charge in [0, 0.05) is 19.0 Å². The Kier molecular flexibility index (Phi) is 8.86. The third kappa shape index (κ3) is 10.8. The second-order valence-electron chi connectivity index (χ2n) is 3.85. The first-order valence-corrected chi connectivity index (χ1v) is 5.65. The van der Waals surface area contributed by atoms with Crippen LogP contribution in [-0.4, -0.2) is 50.5 Å². The van der Waals surface area contributed by atoms with Gasteiger partial charge in [-0.1, -0.05) is 0 Å². The Morgan fingerprint density at radius 1 is 1.29 bits per heavy atom. The molecule has 0 spiro atoms. The van der Waals surface area contributed by atoms with Gasteiger partial charge in [0.2, 0.25) is 0 Å². The lowest BCUT2D eigenvalue weighted by Crippen LogP contribution is -2.19. The molecule has 0 saturated heterocycles. The number of amidine groups is 1. The molecule has 0 heterocycles. The molecule has 5 nitrogen and oxygen atoms in total. The van der Waals surface area contributed by atoms with Crippen molar-refractivity contribution in [3.8, 4) is 0 Å². The summed E-state index contributed by atoms with van der Waals surface area (Å²) in [7, 11) is 4.07. The van der Waals surface area contributed by atoms with Crippen LogP contribution in [0, 0.1) is 0 Å². The summed E-state index contributed by atoms with van der Waals surface area (Å²) in [6.07, 6.45) is 5.03. The van der Waals surface area contributed by atoms with E-state index >= 15 is 0 Å². The highest BCUT2D eigenvalue weighted by molar-refractivity contribution is 5.80. The van der Waals surface area contributed by atoms with E-state index < -0.39 is 0 Å². The van der Waals surface area contributed by atoms with E-state index in [1.807, 2.05) is 41.1 Å². The summed E-state index contributed by atoms with van der Waals surface area (Å²) in [5.74, 6) is 0.889. The Morgan fingerprint density at radius 3 is 2.59 bits per heavy atom. The first-order chi connectivity index (χ1) is 8.06. The number of allylic oxidation sites excluding steroid dienone is 1. The second-order valence-corrected chi connectivity index (χ2v) is 3.85. The minimum absolute atomic E-state index is 0.794. The molecule has 0 radical (unpaired) electrons. The van der Waals surface area contributed by atoms with Crippen molar-refractivity contribution >= 4 is 18.4 Å². The maximum Gasteiger partial charge on any atom is 0.115 e. The number of rotatable bonds is 6. The fraction of sp³-hybridized carbons (Fsp3) is 0.583. The Bertz CT molecular complexity index is 313. The Morgan fingerprint density at radius 2 is 2.00 bits per heavy atom. The highest BCUT2D eigenvalue weighted by Gasteiger charge is 1.89. The van der Waals surface area contributed by atoms with E-state index in [0.717, 1.165) is 24.6 Å². The van der Waals surface area contributed by atoms with Crippen molar-refractivity contribution in [3.05, 3.63) is 11.9 Å². The number of nitrogens with one attached hydrogen (secondary N) is 1. The van der Waals surface area contributed by atoms with Gasteiger partial charge in [0.15, 0.2) is 0 Å². The molecular weight excluding hydrogens is 214 g/mol. The van der Waals surface area contributed by atoms with E-state index in [1.165, 1.54) is 6.34 Å². The maximum atomic E-state index is 4.37. The van der Waals surface area contributed by atoms with Crippen molar-refractivity contribution in [2.24, 2.45) is 15.0 Å². The molecule has 17 heavy (non-hydrogen) atoms. The van der Waals surface area contributed by atoms with Crippen LogP contribution in [0.5, 0.6) is 0 Å². The van der Waals surface area contributed by atoms with Gasteiger partial charge in [-0.2, -0.15) is 0 Å². The zero-order valence-corrected chi connectivity index (χ0v) is 11.4. The standard InChI is InChI=1S/C12H23N5/c1-6-13-10-16-11(2)9-15-12(3)14-7-8-17(4)5/h6,9-10H,7-8H2,1-5H3,(H,14,15)/b11-9+,13-6?,16-10?. The molecule has 0 unspecified atom stereocenters. The van der Waals surface area contributed by atoms with Crippen LogP contribution >= 0.6 is 0 Å². The summed E-state index contributed by atoms with van der Waals surface area (Å²) in [4.78, 5) is 14.5. The predicted octanol–water partition coefficient (Wildman–Crippen LogP) is 1.54. The summed E-state index contributed by atoms with van der Waals surface area (Å²) in [6, 6.07) is 0. The molecule has 0 bridgehead atoms. The number of nitrogens with zero attached hydrogens (tertiary/aromatic N) is 4. The van der Waals surface area contributed by atoms with E-state index in [2.05, 4.69) is 25.2 Å². The quantitative estimate of drug-likeness (QED) is 0.562. The van der Waals surface area contributed by atoms with E-state index in [-0.39, 0.29) is 0 Å². The van der Waals surface area contributed by atoms with Gasteiger partial charge in [0.1, 0.15) is 6.34 Å². The molecule has 96 valence electrons. The molecule has 1 N–H and O–H groups in total. The monoisotopic (exact) mass is 237 g/mol. The molecule has 0 atom stereocenters. The molecule has 0 saturated carbocycles. The SMILES string of the molecule is CC=NC=N/C(C)=C/NC(C)=NCCN(C)C. The fourth-order valence-corrected chi connectivity index (χ4v) is 0.901. The normalized spacial score (nSPS) is 14.2. The predicted molar refractivity (Wildman–Crippen MR) is 76.1 cm³/mol. The van der Waals surface area contributed by atoms with Crippen molar-refractivity contribution in [3.63, 3.8) is 0 Å². The van der Waals surface area contributed by atoms with Crippen LogP contribution in [0.3, 0.4) is 0 Å². The Balaban J connectivity index is 4.03. The number of hydrogen-bond donors (Lipinski definition) is 1. The van der Waals surface area contributed by atoms with Gasteiger partial charge >= 0.3 is 0 Å². The second kappa shape index (κ2) is 9.72. The van der Waals surface area contributed by atoms with Crippen LogP contribution in [0.15, 0.2) is 26.9 Å². The molecule has 0 rings (SSSR count). The van der Waals surface area contributed by atoms with Gasteiger partial charge in [0.25, 0.3) is 0 Å². The van der Waals surface area contributed by atoms with Crippen LogP contribution in [0.1, 0.15) is 20.8 Å². The van der Waals surface area contributed by atoms with Crippen molar-refractivity contribution in [2.45, 2.75) is 20.8 Å². The largest absolute Gasteiger partial charge is 0.349 e.